The zero-order chi connectivity index (χ0) is 17.0. The van der Waals surface area contributed by atoms with Gasteiger partial charge >= 0.3 is 0 Å². The van der Waals surface area contributed by atoms with Crippen molar-refractivity contribution in [3.8, 4) is 0 Å². The summed E-state index contributed by atoms with van der Waals surface area (Å²) in [4.78, 5) is 13.9. The highest BCUT2D eigenvalue weighted by Gasteiger charge is 2.23. The Hall–Kier alpha value is -2.19. The van der Waals surface area contributed by atoms with E-state index in [-0.39, 0.29) is 18.1 Å². The van der Waals surface area contributed by atoms with Gasteiger partial charge in [-0.15, -0.1) is 0 Å². The molecule has 8 nitrogen and oxygen atoms in total. The highest BCUT2D eigenvalue weighted by Crippen LogP contribution is 2.08. The molecule has 0 fully saturated rings. The van der Waals surface area contributed by atoms with E-state index in [1.54, 1.807) is 23.9 Å². The molecule has 2 aromatic rings. The van der Waals surface area contributed by atoms with E-state index in [0.717, 1.165) is 5.56 Å². The lowest BCUT2D eigenvalue weighted by molar-refractivity contribution is 0.0324. The molecule has 2 rings (SSSR count). The first-order valence-electron chi connectivity index (χ1n) is 7.35. The number of aromatic nitrogens is 3. The molecular formula is C15H23N5O3. The van der Waals surface area contributed by atoms with Crippen LogP contribution in [-0.4, -0.2) is 63.6 Å². The van der Waals surface area contributed by atoms with Crippen molar-refractivity contribution >= 4 is 5.91 Å². The van der Waals surface area contributed by atoms with Gasteiger partial charge in [0.25, 0.3) is 5.91 Å². The third kappa shape index (κ3) is 5.19. The van der Waals surface area contributed by atoms with Gasteiger partial charge in [0.2, 0.25) is 0 Å². The zero-order valence-electron chi connectivity index (χ0n) is 13.9. The number of aryl methyl sites for hydroxylation is 1. The minimum atomic E-state index is -1.02. The molecule has 126 valence electrons. The first-order chi connectivity index (χ1) is 10.7. The van der Waals surface area contributed by atoms with E-state index in [1.807, 2.05) is 32.1 Å². The van der Waals surface area contributed by atoms with E-state index in [1.165, 1.54) is 0 Å². The topological polar surface area (TPSA) is 96.4 Å². The van der Waals surface area contributed by atoms with Crippen LogP contribution in [0.4, 0.5) is 0 Å². The number of amides is 1. The number of hydrogen-bond donors (Lipinski definition) is 2. The minimum Gasteiger partial charge on any atom is -0.387 e. The summed E-state index contributed by atoms with van der Waals surface area (Å²) in [6.07, 6.45) is 3.62. The molecule has 0 bridgehead atoms. The number of hydrogen-bond acceptors (Lipinski definition) is 6. The normalized spacial score (nSPS) is 14.0. The quantitative estimate of drug-likeness (QED) is 0.760. The largest absolute Gasteiger partial charge is 0.387 e. The van der Waals surface area contributed by atoms with Crippen molar-refractivity contribution in [1.82, 2.24) is 25.2 Å². The van der Waals surface area contributed by atoms with Gasteiger partial charge in [-0.25, -0.2) is 0 Å². The van der Waals surface area contributed by atoms with E-state index in [0.29, 0.717) is 18.8 Å². The molecule has 0 aliphatic rings. The number of nitrogens with zero attached hydrogens (tertiary/aromatic N) is 4. The van der Waals surface area contributed by atoms with Crippen molar-refractivity contribution in [3.05, 3.63) is 35.5 Å². The predicted molar refractivity (Wildman–Crippen MR) is 84.1 cm³/mol. The summed E-state index contributed by atoms with van der Waals surface area (Å²) in [5.41, 5.74) is 0.216. The lowest BCUT2D eigenvalue weighted by Crippen LogP contribution is -2.47. The fraction of sp³-hybridized carbons (Fsp3) is 0.533. The third-order valence-electron chi connectivity index (χ3n) is 3.16. The molecule has 0 saturated carbocycles. The molecule has 2 heterocycles. The Balaban J connectivity index is 1.90. The molecular weight excluding hydrogens is 298 g/mol. The molecule has 2 N–H and O–H groups in total. The molecule has 8 heteroatoms. The maximum atomic E-state index is 12.1. The van der Waals surface area contributed by atoms with E-state index in [4.69, 9.17) is 4.52 Å². The average molecular weight is 321 g/mol. The van der Waals surface area contributed by atoms with Crippen LogP contribution in [0.15, 0.2) is 23.0 Å². The maximum absolute atomic E-state index is 12.1. The number of aliphatic hydroxyl groups is 1. The van der Waals surface area contributed by atoms with Crippen molar-refractivity contribution < 1.29 is 14.4 Å². The van der Waals surface area contributed by atoms with Crippen molar-refractivity contribution in [1.29, 1.82) is 0 Å². The second-order valence-corrected chi connectivity index (χ2v) is 6.31. The summed E-state index contributed by atoms with van der Waals surface area (Å²) in [6.45, 7) is 4.59. The molecule has 0 saturated heterocycles. The van der Waals surface area contributed by atoms with Crippen LogP contribution in [0.25, 0.3) is 0 Å². The molecule has 0 radical (unpaired) electrons. The van der Waals surface area contributed by atoms with Gasteiger partial charge < -0.3 is 19.8 Å². The molecule has 0 aromatic carbocycles. The number of rotatable bonds is 7. The van der Waals surface area contributed by atoms with Gasteiger partial charge in [0, 0.05) is 25.4 Å². The van der Waals surface area contributed by atoms with Gasteiger partial charge in [-0.2, -0.15) is 5.10 Å². The van der Waals surface area contributed by atoms with Crippen molar-refractivity contribution in [2.75, 3.05) is 27.2 Å². The monoisotopic (exact) mass is 321 g/mol. The van der Waals surface area contributed by atoms with Crippen LogP contribution in [0.1, 0.15) is 28.7 Å². The summed E-state index contributed by atoms with van der Waals surface area (Å²) >= 11 is 0. The van der Waals surface area contributed by atoms with Crippen LogP contribution in [0, 0.1) is 6.92 Å². The Bertz CT molecular complexity index is 660. The van der Waals surface area contributed by atoms with Crippen LogP contribution in [-0.2, 0) is 6.54 Å². The van der Waals surface area contributed by atoms with Gasteiger partial charge in [-0.1, -0.05) is 5.16 Å². The first-order valence-corrected chi connectivity index (χ1v) is 7.35. The average Bonchev–Trinajstić information content (AvgIpc) is 3.05. The molecule has 0 aliphatic heterocycles. The second kappa shape index (κ2) is 6.93. The standard InChI is InChI=1S/C15H23N5O3/c1-11-6-17-20(7-11)8-12-5-13(18-23-12)14(21)16-9-15(2,22)10-19(3)4/h5-7,22H,8-10H2,1-4H3,(H,16,21). The number of carbonyl (C=O) groups is 1. The van der Waals surface area contributed by atoms with Gasteiger partial charge in [-0.05, 0) is 33.5 Å². The van der Waals surface area contributed by atoms with Crippen molar-refractivity contribution in [3.63, 3.8) is 0 Å². The molecule has 0 spiro atoms. The maximum Gasteiger partial charge on any atom is 0.273 e. The van der Waals surface area contributed by atoms with Crippen LogP contribution < -0.4 is 5.32 Å². The molecule has 1 unspecified atom stereocenters. The molecule has 23 heavy (non-hydrogen) atoms. The van der Waals surface area contributed by atoms with Gasteiger partial charge in [0.1, 0.15) is 6.54 Å². The lowest BCUT2D eigenvalue weighted by atomic mass is 10.1. The van der Waals surface area contributed by atoms with E-state index in [2.05, 4.69) is 15.6 Å². The first kappa shape index (κ1) is 17.2. The smallest absolute Gasteiger partial charge is 0.273 e. The predicted octanol–water partition coefficient (Wildman–Crippen LogP) is 0.270. The van der Waals surface area contributed by atoms with Gasteiger partial charge in [0.05, 0.1) is 11.8 Å². The van der Waals surface area contributed by atoms with Crippen LogP contribution in [0.3, 0.4) is 0 Å². The molecule has 2 aromatic heterocycles. The van der Waals surface area contributed by atoms with E-state index >= 15 is 0 Å². The highest BCUT2D eigenvalue weighted by atomic mass is 16.5. The third-order valence-corrected chi connectivity index (χ3v) is 3.16. The van der Waals surface area contributed by atoms with Crippen LogP contribution in [0.5, 0.6) is 0 Å². The van der Waals surface area contributed by atoms with Crippen LogP contribution >= 0.6 is 0 Å². The summed E-state index contributed by atoms with van der Waals surface area (Å²) in [7, 11) is 3.72. The van der Waals surface area contributed by atoms with Crippen LogP contribution in [0.2, 0.25) is 0 Å². The van der Waals surface area contributed by atoms with Crippen molar-refractivity contribution in [2.45, 2.75) is 26.0 Å². The highest BCUT2D eigenvalue weighted by molar-refractivity contribution is 5.92. The Kier molecular flexibility index (Phi) is 5.17. The molecule has 0 aliphatic carbocycles. The van der Waals surface area contributed by atoms with Gasteiger partial charge in [0.15, 0.2) is 11.5 Å². The summed E-state index contributed by atoms with van der Waals surface area (Å²) in [6, 6.07) is 1.58. The Morgan fingerprint density at radius 3 is 2.87 bits per heavy atom. The summed E-state index contributed by atoms with van der Waals surface area (Å²) in [5.74, 6) is 0.161. The lowest BCUT2D eigenvalue weighted by Gasteiger charge is -2.26. The van der Waals surface area contributed by atoms with E-state index in [9.17, 15) is 9.90 Å². The minimum absolute atomic E-state index is 0.130. The van der Waals surface area contributed by atoms with E-state index < -0.39 is 5.60 Å². The molecule has 1 atom stereocenters. The Morgan fingerprint density at radius 1 is 1.52 bits per heavy atom. The number of nitrogens with one attached hydrogen (secondary N) is 1. The molecule has 1 amide bonds. The summed E-state index contributed by atoms with van der Waals surface area (Å²) < 4.78 is 6.86. The fourth-order valence-corrected chi connectivity index (χ4v) is 2.31. The van der Waals surface area contributed by atoms with Gasteiger partial charge in [-0.3, -0.25) is 9.48 Å². The fourth-order valence-electron chi connectivity index (χ4n) is 2.31. The Morgan fingerprint density at radius 2 is 2.26 bits per heavy atom. The number of carbonyl (C=O) groups excluding carboxylic acids is 1. The number of likely N-dealkylation sites (N-methyl/N-ethyl adjacent to an activating group) is 1. The second-order valence-electron chi connectivity index (χ2n) is 6.31. The van der Waals surface area contributed by atoms with Crippen molar-refractivity contribution in [2.24, 2.45) is 0 Å². The summed E-state index contributed by atoms with van der Waals surface area (Å²) in [5, 5.41) is 20.7. The zero-order valence-corrected chi connectivity index (χ0v) is 13.9. The Labute approximate surface area is 135 Å². The SMILES string of the molecule is Cc1cnn(Cc2cc(C(=O)NCC(C)(O)CN(C)C)no2)c1.